The van der Waals surface area contributed by atoms with E-state index in [1.165, 1.54) is 18.2 Å². The van der Waals surface area contributed by atoms with Crippen LogP contribution in [0.4, 0.5) is 23.4 Å². The van der Waals surface area contributed by atoms with Gasteiger partial charge >= 0.3 is 0 Å². The van der Waals surface area contributed by atoms with Crippen LogP contribution in [-0.2, 0) is 9.59 Å². The molecule has 286 valence electrons. The number of hydrogen-bond acceptors (Lipinski definition) is 7. The largest absolute Gasteiger partial charge is 0.490 e. The van der Waals surface area contributed by atoms with Gasteiger partial charge in [0.15, 0.2) is 0 Å². The molecule has 0 spiro atoms. The summed E-state index contributed by atoms with van der Waals surface area (Å²) in [5.41, 5.74) is 2.55. The Labute approximate surface area is 310 Å². The molecule has 0 bridgehead atoms. The minimum Gasteiger partial charge on any atom is -0.490 e. The summed E-state index contributed by atoms with van der Waals surface area (Å²) < 4.78 is 65.3. The van der Waals surface area contributed by atoms with Crippen LogP contribution in [0.3, 0.4) is 0 Å². The molecule has 3 aliphatic rings. The SMILES string of the molecule is CC(C)Oc1cc2nc([C@H]3CC[C@H](CN4CCC(c5ccc(C6CCC(=O)NC6=O)cc5)C(F)(F)C4)CC3)cn2cc1C(=O)Nc1cccc(C(F)F)n1. The summed E-state index contributed by atoms with van der Waals surface area (Å²) >= 11 is 0. The van der Waals surface area contributed by atoms with Gasteiger partial charge in [-0.15, -0.1) is 0 Å². The highest BCUT2D eigenvalue weighted by molar-refractivity contribution is 6.06. The van der Waals surface area contributed by atoms with E-state index in [1.807, 2.05) is 24.9 Å². The number of likely N-dealkylation sites (tertiary alicyclic amines) is 1. The molecule has 2 atom stereocenters. The van der Waals surface area contributed by atoms with Gasteiger partial charge in [-0.2, -0.15) is 0 Å². The van der Waals surface area contributed by atoms with E-state index in [2.05, 4.69) is 15.6 Å². The van der Waals surface area contributed by atoms with E-state index in [0.29, 0.717) is 42.9 Å². The number of aromatic nitrogens is 3. The average Bonchev–Trinajstić information content (AvgIpc) is 3.54. The monoisotopic (exact) mass is 748 g/mol. The number of carbonyl (C=O) groups excluding carboxylic acids is 3. The lowest BCUT2D eigenvalue weighted by molar-refractivity contribution is -0.134. The number of anilines is 1. The van der Waals surface area contributed by atoms with Crippen LogP contribution < -0.4 is 15.4 Å². The molecule has 5 heterocycles. The van der Waals surface area contributed by atoms with Crippen molar-refractivity contribution in [2.24, 2.45) is 5.92 Å². The number of alkyl halides is 4. The molecular formula is C40H44F4N6O4. The average molecular weight is 749 g/mol. The molecule has 14 heteroatoms. The molecule has 1 saturated carbocycles. The number of rotatable bonds is 10. The van der Waals surface area contributed by atoms with Crippen molar-refractivity contribution in [1.29, 1.82) is 0 Å². The Morgan fingerprint density at radius 2 is 1.72 bits per heavy atom. The van der Waals surface area contributed by atoms with Crippen LogP contribution in [0.2, 0.25) is 0 Å². The van der Waals surface area contributed by atoms with Crippen LogP contribution in [-0.4, -0.2) is 68.7 Å². The summed E-state index contributed by atoms with van der Waals surface area (Å²) in [6.07, 6.45) is 5.00. The molecule has 1 aromatic carbocycles. The Morgan fingerprint density at radius 1 is 0.981 bits per heavy atom. The lowest BCUT2D eigenvalue weighted by Crippen LogP contribution is -2.49. The molecular weight excluding hydrogens is 704 g/mol. The Bertz CT molecular complexity index is 2010. The Hall–Kier alpha value is -4.85. The Kier molecular flexibility index (Phi) is 10.7. The standard InChI is InChI=1S/C40H44F4N6O4/c1-23(2)54-33-18-35-46-32(21-50(35)20-29(33)39(53)47-34-5-3-4-31(45-34)37(41)42)27-8-6-24(7-9-27)19-49-17-16-30(40(43,44)22-49)26-12-10-25(11-13-26)28-14-15-36(51)48-38(28)52/h3-5,10-13,18,20-21,23-24,27-28,30,37H,6-9,14-17,19,22H2,1-2H3,(H,45,47,53)(H,48,51,52)/t24-,27-,28?,30?. The third kappa shape index (κ3) is 8.28. The number of piperidine rings is 2. The zero-order chi connectivity index (χ0) is 38.1. The number of pyridine rings is 2. The van der Waals surface area contributed by atoms with Gasteiger partial charge in [0.1, 0.15) is 22.9 Å². The maximum absolute atomic E-state index is 15.6. The number of halogens is 4. The Morgan fingerprint density at radius 3 is 2.41 bits per heavy atom. The predicted molar refractivity (Wildman–Crippen MR) is 193 cm³/mol. The third-order valence-electron chi connectivity index (χ3n) is 10.9. The highest BCUT2D eigenvalue weighted by atomic mass is 19.3. The summed E-state index contributed by atoms with van der Waals surface area (Å²) in [4.78, 5) is 47.7. The predicted octanol–water partition coefficient (Wildman–Crippen LogP) is 7.63. The van der Waals surface area contributed by atoms with Crippen LogP contribution in [0.5, 0.6) is 5.75 Å². The Balaban J connectivity index is 0.956. The van der Waals surface area contributed by atoms with Gasteiger partial charge in [-0.1, -0.05) is 30.3 Å². The third-order valence-corrected chi connectivity index (χ3v) is 10.9. The van der Waals surface area contributed by atoms with Gasteiger partial charge in [-0.3, -0.25) is 24.6 Å². The van der Waals surface area contributed by atoms with Crippen LogP contribution >= 0.6 is 0 Å². The summed E-state index contributed by atoms with van der Waals surface area (Å²) in [5, 5.41) is 4.96. The van der Waals surface area contributed by atoms with Gasteiger partial charge < -0.3 is 14.5 Å². The van der Waals surface area contributed by atoms with Crippen LogP contribution in [0, 0.1) is 5.92 Å². The molecule has 2 N–H and O–H groups in total. The van der Waals surface area contributed by atoms with Crippen molar-refractivity contribution in [3.8, 4) is 5.75 Å². The van der Waals surface area contributed by atoms with Gasteiger partial charge in [0.25, 0.3) is 18.3 Å². The first-order chi connectivity index (χ1) is 25.8. The molecule has 3 aromatic heterocycles. The maximum atomic E-state index is 15.6. The molecule has 1 aliphatic carbocycles. The van der Waals surface area contributed by atoms with E-state index >= 15 is 8.78 Å². The van der Waals surface area contributed by atoms with Gasteiger partial charge in [0.05, 0.1) is 35.7 Å². The second-order valence-electron chi connectivity index (χ2n) is 15.1. The number of imide groups is 1. The number of imidazole rings is 1. The van der Waals surface area contributed by atoms with Crippen molar-refractivity contribution in [1.82, 2.24) is 24.6 Å². The van der Waals surface area contributed by atoms with Crippen molar-refractivity contribution in [3.63, 3.8) is 0 Å². The highest BCUT2D eigenvalue weighted by Crippen LogP contribution is 2.42. The minimum absolute atomic E-state index is 0.00267. The fraction of sp³-hybridized carbons (Fsp3) is 0.475. The number of carbonyl (C=O) groups is 3. The van der Waals surface area contributed by atoms with Gasteiger partial charge in [0.2, 0.25) is 11.8 Å². The summed E-state index contributed by atoms with van der Waals surface area (Å²) in [6.45, 7) is 4.56. The first-order valence-electron chi connectivity index (χ1n) is 18.6. The van der Waals surface area contributed by atoms with E-state index in [-0.39, 0.29) is 54.1 Å². The smallest absolute Gasteiger partial charge is 0.280 e. The topological polar surface area (TPSA) is 118 Å². The van der Waals surface area contributed by atoms with Crippen molar-refractivity contribution in [2.45, 2.75) is 95.0 Å². The van der Waals surface area contributed by atoms with Crippen LogP contribution in [0.1, 0.15) is 116 Å². The molecule has 4 aromatic rings. The maximum Gasteiger partial charge on any atom is 0.280 e. The quantitative estimate of drug-likeness (QED) is 0.127. The van der Waals surface area contributed by atoms with Gasteiger partial charge in [0, 0.05) is 37.3 Å². The molecule has 2 saturated heterocycles. The molecule has 2 unspecified atom stereocenters. The van der Waals surface area contributed by atoms with Crippen molar-refractivity contribution >= 4 is 29.2 Å². The molecule has 54 heavy (non-hydrogen) atoms. The van der Waals surface area contributed by atoms with Gasteiger partial charge in [-0.25, -0.2) is 27.5 Å². The second-order valence-corrected chi connectivity index (χ2v) is 15.1. The zero-order valence-electron chi connectivity index (χ0n) is 30.2. The first kappa shape index (κ1) is 37.5. The molecule has 3 fully saturated rings. The zero-order valence-corrected chi connectivity index (χ0v) is 30.2. The van der Waals surface area contributed by atoms with E-state index in [0.717, 1.165) is 36.9 Å². The number of amides is 3. The normalized spacial score (nSPS) is 23.5. The van der Waals surface area contributed by atoms with E-state index in [4.69, 9.17) is 9.72 Å². The van der Waals surface area contributed by atoms with Crippen molar-refractivity contribution < 1.29 is 36.7 Å². The highest BCUT2D eigenvalue weighted by Gasteiger charge is 2.45. The minimum atomic E-state index is -2.90. The lowest BCUT2D eigenvalue weighted by atomic mass is 9.79. The molecule has 10 nitrogen and oxygen atoms in total. The van der Waals surface area contributed by atoms with E-state index in [1.54, 1.807) is 40.9 Å². The fourth-order valence-corrected chi connectivity index (χ4v) is 8.14. The number of nitrogens with one attached hydrogen (secondary N) is 2. The molecule has 3 amide bonds. The number of benzene rings is 1. The number of nitrogens with zero attached hydrogens (tertiary/aromatic N) is 4. The fourth-order valence-electron chi connectivity index (χ4n) is 8.14. The first-order valence-corrected chi connectivity index (χ1v) is 18.6. The van der Waals surface area contributed by atoms with Crippen molar-refractivity contribution in [2.75, 3.05) is 25.0 Å². The van der Waals surface area contributed by atoms with Crippen LogP contribution in [0.25, 0.3) is 5.65 Å². The van der Waals surface area contributed by atoms with E-state index < -0.39 is 35.8 Å². The molecule has 7 rings (SSSR count). The lowest BCUT2D eigenvalue weighted by Gasteiger charge is -2.41. The van der Waals surface area contributed by atoms with Gasteiger partial charge in [-0.05, 0) is 88.1 Å². The summed E-state index contributed by atoms with van der Waals surface area (Å²) in [6, 6.07) is 12.6. The van der Waals surface area contributed by atoms with E-state index in [9.17, 15) is 23.2 Å². The molecule has 0 radical (unpaired) electrons. The number of hydrogen-bond donors (Lipinski definition) is 2. The second kappa shape index (κ2) is 15.5. The van der Waals surface area contributed by atoms with Crippen LogP contribution in [0.15, 0.2) is 60.9 Å². The number of fused-ring (bicyclic) bond motifs is 1. The molecule has 2 aliphatic heterocycles. The summed E-state index contributed by atoms with van der Waals surface area (Å²) in [5.74, 6) is -4.66. The summed E-state index contributed by atoms with van der Waals surface area (Å²) in [7, 11) is 0. The number of ether oxygens (including phenoxy) is 1. The van der Waals surface area contributed by atoms with Crippen molar-refractivity contribution in [3.05, 3.63) is 89.0 Å².